The van der Waals surface area contributed by atoms with Gasteiger partial charge in [-0.15, -0.1) is 0 Å². The number of carbonyl (C=O) groups excluding carboxylic acids is 1. The summed E-state index contributed by atoms with van der Waals surface area (Å²) < 4.78 is 1.13. The quantitative estimate of drug-likeness (QED) is 0.778. The Kier molecular flexibility index (Phi) is 6.27. The van der Waals surface area contributed by atoms with Crippen LogP contribution in [0.25, 0.3) is 10.2 Å². The number of anilines is 1. The molecule has 5 nitrogen and oxygen atoms in total. The van der Waals surface area contributed by atoms with Gasteiger partial charge in [0.15, 0.2) is 5.13 Å². The SMILES string of the molecule is CCN1CCC(N(C)CC(=O)N(CC)c2nc3ccccc3s2)C(C)C1. The van der Waals surface area contributed by atoms with Crippen molar-refractivity contribution in [2.45, 2.75) is 33.2 Å². The first kappa shape index (κ1) is 19.3. The molecule has 1 amide bonds. The van der Waals surface area contributed by atoms with Crippen molar-refractivity contribution in [2.75, 3.05) is 44.7 Å². The Bertz CT molecular complexity index is 713. The number of para-hydroxylation sites is 1. The fourth-order valence-corrected chi connectivity index (χ4v) is 5.02. The van der Waals surface area contributed by atoms with Crippen LogP contribution in [-0.4, -0.2) is 66.5 Å². The van der Waals surface area contributed by atoms with Crippen LogP contribution in [0.4, 0.5) is 5.13 Å². The number of thiazole rings is 1. The van der Waals surface area contributed by atoms with Crippen molar-refractivity contribution in [1.82, 2.24) is 14.8 Å². The minimum atomic E-state index is 0.138. The smallest absolute Gasteiger partial charge is 0.242 e. The lowest BCUT2D eigenvalue weighted by Gasteiger charge is -2.41. The van der Waals surface area contributed by atoms with Crippen molar-refractivity contribution in [1.29, 1.82) is 0 Å². The normalized spacial score (nSPS) is 21.4. The number of nitrogens with zero attached hydrogens (tertiary/aromatic N) is 4. The van der Waals surface area contributed by atoms with Crippen molar-refractivity contribution in [3.8, 4) is 0 Å². The van der Waals surface area contributed by atoms with Crippen LogP contribution in [0.1, 0.15) is 27.2 Å². The summed E-state index contributed by atoms with van der Waals surface area (Å²) in [6.45, 7) is 11.0. The summed E-state index contributed by atoms with van der Waals surface area (Å²) in [5.74, 6) is 0.721. The molecular formula is C20H30N4OS. The third kappa shape index (κ3) is 4.08. The molecule has 6 heteroatoms. The largest absolute Gasteiger partial charge is 0.303 e. The maximum Gasteiger partial charge on any atom is 0.242 e. The van der Waals surface area contributed by atoms with Crippen LogP contribution in [0.3, 0.4) is 0 Å². The van der Waals surface area contributed by atoms with Crippen molar-refractivity contribution < 1.29 is 4.79 Å². The van der Waals surface area contributed by atoms with E-state index in [1.165, 1.54) is 0 Å². The number of aromatic nitrogens is 1. The molecule has 0 radical (unpaired) electrons. The first-order chi connectivity index (χ1) is 12.5. The summed E-state index contributed by atoms with van der Waals surface area (Å²) in [6, 6.07) is 8.53. The number of likely N-dealkylation sites (N-methyl/N-ethyl adjacent to an activating group) is 2. The van der Waals surface area contributed by atoms with Gasteiger partial charge in [-0.05, 0) is 51.5 Å². The molecule has 2 aromatic rings. The summed E-state index contributed by atoms with van der Waals surface area (Å²) in [5, 5.41) is 0.806. The summed E-state index contributed by atoms with van der Waals surface area (Å²) in [6.07, 6.45) is 1.13. The van der Waals surface area contributed by atoms with E-state index in [-0.39, 0.29) is 5.91 Å². The van der Waals surface area contributed by atoms with Gasteiger partial charge in [0.25, 0.3) is 0 Å². The van der Waals surface area contributed by atoms with E-state index in [1.807, 2.05) is 30.0 Å². The van der Waals surface area contributed by atoms with Crippen molar-refractivity contribution in [3.05, 3.63) is 24.3 Å². The van der Waals surface area contributed by atoms with Gasteiger partial charge in [-0.3, -0.25) is 14.6 Å². The molecule has 142 valence electrons. The lowest BCUT2D eigenvalue weighted by Crippen LogP contribution is -2.51. The van der Waals surface area contributed by atoms with Crippen LogP contribution < -0.4 is 4.90 Å². The average Bonchev–Trinajstić information content (AvgIpc) is 3.05. The van der Waals surface area contributed by atoms with Crippen LogP contribution in [0, 0.1) is 5.92 Å². The van der Waals surface area contributed by atoms with E-state index >= 15 is 0 Å². The summed E-state index contributed by atoms with van der Waals surface area (Å²) in [4.78, 5) is 24.2. The lowest BCUT2D eigenvalue weighted by atomic mass is 9.92. The Morgan fingerprint density at radius 2 is 2.12 bits per heavy atom. The van der Waals surface area contributed by atoms with Gasteiger partial charge in [0.05, 0.1) is 16.8 Å². The van der Waals surface area contributed by atoms with Crippen LogP contribution in [-0.2, 0) is 4.79 Å². The van der Waals surface area contributed by atoms with E-state index < -0.39 is 0 Å². The Balaban J connectivity index is 1.67. The number of rotatable bonds is 6. The van der Waals surface area contributed by atoms with Gasteiger partial charge >= 0.3 is 0 Å². The number of carbonyl (C=O) groups is 1. The number of hydrogen-bond acceptors (Lipinski definition) is 5. The maximum atomic E-state index is 13.0. The van der Waals surface area contributed by atoms with Crippen LogP contribution in [0.15, 0.2) is 24.3 Å². The number of piperidine rings is 1. The zero-order valence-corrected chi connectivity index (χ0v) is 17.1. The van der Waals surface area contributed by atoms with E-state index in [2.05, 4.69) is 41.7 Å². The molecule has 1 aromatic heterocycles. The van der Waals surface area contributed by atoms with Gasteiger partial charge in [0, 0.05) is 19.1 Å². The molecule has 2 heterocycles. The molecule has 2 unspecified atom stereocenters. The minimum absolute atomic E-state index is 0.138. The standard InChI is InChI=1S/C20H30N4OS/c1-5-23-12-11-17(15(3)13-23)22(4)14-19(25)24(6-2)20-21-16-9-7-8-10-18(16)26-20/h7-10,15,17H,5-6,11-14H2,1-4H3. The van der Waals surface area contributed by atoms with E-state index in [1.54, 1.807) is 11.3 Å². The van der Waals surface area contributed by atoms with Gasteiger partial charge in [-0.1, -0.05) is 37.3 Å². The predicted molar refractivity (Wildman–Crippen MR) is 110 cm³/mol. The monoisotopic (exact) mass is 374 g/mol. The van der Waals surface area contributed by atoms with E-state index in [9.17, 15) is 4.79 Å². The fourth-order valence-electron chi connectivity index (χ4n) is 3.97. The van der Waals surface area contributed by atoms with E-state index in [0.717, 1.165) is 41.4 Å². The zero-order chi connectivity index (χ0) is 18.7. The van der Waals surface area contributed by atoms with E-state index in [0.29, 0.717) is 25.0 Å². The lowest BCUT2D eigenvalue weighted by molar-refractivity contribution is -0.120. The molecule has 1 aliphatic rings. The summed E-state index contributed by atoms with van der Waals surface area (Å²) >= 11 is 1.59. The number of fused-ring (bicyclic) bond motifs is 1. The van der Waals surface area contributed by atoms with Crippen molar-refractivity contribution >= 4 is 32.6 Å². The molecule has 0 saturated carbocycles. The Labute approximate surface area is 160 Å². The molecule has 0 N–H and O–H groups in total. The molecule has 0 bridgehead atoms. The highest BCUT2D eigenvalue weighted by Crippen LogP contribution is 2.29. The molecule has 1 fully saturated rings. The molecule has 26 heavy (non-hydrogen) atoms. The molecule has 1 saturated heterocycles. The Morgan fingerprint density at radius 3 is 2.77 bits per heavy atom. The maximum absolute atomic E-state index is 13.0. The van der Waals surface area contributed by atoms with Crippen molar-refractivity contribution in [3.63, 3.8) is 0 Å². The highest BCUT2D eigenvalue weighted by atomic mass is 32.1. The molecule has 2 atom stereocenters. The predicted octanol–water partition coefficient (Wildman–Crippen LogP) is 3.31. The van der Waals surface area contributed by atoms with E-state index in [4.69, 9.17) is 0 Å². The van der Waals surface area contributed by atoms with Gasteiger partial charge in [0.2, 0.25) is 5.91 Å². The highest BCUT2D eigenvalue weighted by molar-refractivity contribution is 7.22. The minimum Gasteiger partial charge on any atom is -0.303 e. The topological polar surface area (TPSA) is 39.7 Å². The van der Waals surface area contributed by atoms with Gasteiger partial charge in [0.1, 0.15) is 0 Å². The van der Waals surface area contributed by atoms with Gasteiger partial charge in [-0.2, -0.15) is 0 Å². The number of amides is 1. The molecule has 0 aliphatic carbocycles. The molecule has 1 aliphatic heterocycles. The summed E-state index contributed by atoms with van der Waals surface area (Å²) in [7, 11) is 2.09. The number of hydrogen-bond donors (Lipinski definition) is 0. The number of likely N-dealkylation sites (tertiary alicyclic amines) is 1. The third-order valence-corrected chi connectivity index (χ3v) is 6.53. The first-order valence-electron chi connectivity index (χ1n) is 9.62. The summed E-state index contributed by atoms with van der Waals surface area (Å²) in [5.41, 5.74) is 0.965. The molecular weight excluding hydrogens is 344 g/mol. The second-order valence-corrected chi connectivity index (χ2v) is 8.25. The molecule has 3 rings (SSSR count). The second kappa shape index (κ2) is 8.46. The van der Waals surface area contributed by atoms with Crippen LogP contribution in [0.5, 0.6) is 0 Å². The molecule has 0 spiro atoms. The first-order valence-corrected chi connectivity index (χ1v) is 10.4. The van der Waals surface area contributed by atoms with Crippen molar-refractivity contribution in [2.24, 2.45) is 5.92 Å². The molecule has 1 aromatic carbocycles. The second-order valence-electron chi connectivity index (χ2n) is 7.24. The fraction of sp³-hybridized carbons (Fsp3) is 0.600. The van der Waals surface area contributed by atoms with Crippen LogP contribution >= 0.6 is 11.3 Å². The Morgan fingerprint density at radius 1 is 1.35 bits per heavy atom. The average molecular weight is 375 g/mol. The van der Waals surface area contributed by atoms with Gasteiger partial charge < -0.3 is 4.90 Å². The zero-order valence-electron chi connectivity index (χ0n) is 16.3. The third-order valence-electron chi connectivity index (χ3n) is 5.47. The highest BCUT2D eigenvalue weighted by Gasteiger charge is 2.30. The Hall–Kier alpha value is -1.50. The van der Waals surface area contributed by atoms with Gasteiger partial charge in [-0.25, -0.2) is 4.98 Å². The number of benzene rings is 1. The van der Waals surface area contributed by atoms with Crippen LogP contribution in [0.2, 0.25) is 0 Å².